The first-order chi connectivity index (χ1) is 32.8. The highest BCUT2D eigenvalue weighted by atomic mass is 15.0. The second-order valence-electron chi connectivity index (χ2n) is 17.1. The predicted octanol–water partition coefficient (Wildman–Crippen LogP) is 15.7. The van der Waals surface area contributed by atoms with Gasteiger partial charge in [-0.05, 0) is 80.8 Å². The Hall–Kier alpha value is -8.93. The number of para-hydroxylation sites is 2. The lowest BCUT2D eigenvalue weighted by Crippen LogP contribution is -2.02. The van der Waals surface area contributed by atoms with Crippen molar-refractivity contribution in [3.8, 4) is 45.5 Å². The van der Waals surface area contributed by atoms with Crippen LogP contribution in [0.5, 0.6) is 0 Å². The summed E-state index contributed by atoms with van der Waals surface area (Å²) in [5, 5.41) is 14.3. The quantitative estimate of drug-likeness (QED) is 0.162. The van der Waals surface area contributed by atoms with Crippen molar-refractivity contribution in [3.63, 3.8) is 0 Å². The maximum Gasteiger partial charge on any atom is 0.164 e. The fourth-order valence-corrected chi connectivity index (χ4v) is 10.7. The van der Waals surface area contributed by atoms with E-state index < -0.39 is 0 Å². The van der Waals surface area contributed by atoms with Gasteiger partial charge in [-0.1, -0.05) is 176 Å². The number of rotatable bonds is 5. The molecule has 0 fully saturated rings. The van der Waals surface area contributed by atoms with E-state index in [-0.39, 0.29) is 0 Å². The zero-order chi connectivity index (χ0) is 43.3. The summed E-state index contributed by atoms with van der Waals surface area (Å²) in [6, 6.07) is 80.5. The van der Waals surface area contributed by atoms with E-state index in [0.717, 1.165) is 60.8 Å². The highest BCUT2D eigenvalue weighted by Gasteiger charge is 2.24. The van der Waals surface area contributed by atoms with Gasteiger partial charge in [0.25, 0.3) is 0 Å². The molecular weight excluding hydrogens is 803 g/mol. The minimum absolute atomic E-state index is 0.628. The van der Waals surface area contributed by atoms with Crippen molar-refractivity contribution in [1.82, 2.24) is 24.1 Å². The van der Waals surface area contributed by atoms with E-state index in [2.05, 4.69) is 197 Å². The van der Waals surface area contributed by atoms with Crippen LogP contribution in [0.2, 0.25) is 0 Å². The molecule has 66 heavy (non-hydrogen) atoms. The number of benzene rings is 11. The van der Waals surface area contributed by atoms with Crippen molar-refractivity contribution in [2.45, 2.75) is 0 Å². The lowest BCUT2D eigenvalue weighted by Gasteiger charge is -2.19. The Morgan fingerprint density at radius 1 is 0.273 bits per heavy atom. The number of aromatic nitrogens is 5. The molecule has 0 aliphatic carbocycles. The maximum absolute atomic E-state index is 5.31. The van der Waals surface area contributed by atoms with E-state index in [1.165, 1.54) is 54.0 Å². The first-order valence-corrected chi connectivity index (χ1v) is 22.5. The number of hydrogen-bond donors (Lipinski definition) is 0. The SMILES string of the molecule is c1ccc(-c2nc(-c3ccccc3)nc(-c3ccc(-n4c5ccccc5c5cc6c7c8ccccc8ccc7n(-c7ccccc7)c6cc54)c4c5ccccc5c5ccccc5c34)n2)cc1. The van der Waals surface area contributed by atoms with Crippen molar-refractivity contribution in [2.24, 2.45) is 0 Å². The van der Waals surface area contributed by atoms with Crippen LogP contribution in [0.4, 0.5) is 0 Å². The molecule has 0 unspecified atom stereocenters. The molecule has 0 atom stereocenters. The van der Waals surface area contributed by atoms with Gasteiger partial charge in [0.2, 0.25) is 0 Å². The fourth-order valence-electron chi connectivity index (χ4n) is 10.7. The monoisotopic (exact) mass is 839 g/mol. The highest BCUT2D eigenvalue weighted by Crippen LogP contribution is 2.47. The third kappa shape index (κ3) is 5.38. The molecule has 0 bridgehead atoms. The molecule has 0 aliphatic rings. The summed E-state index contributed by atoms with van der Waals surface area (Å²) >= 11 is 0. The van der Waals surface area contributed by atoms with Crippen LogP contribution in [0.1, 0.15) is 0 Å². The molecule has 14 rings (SSSR count). The second kappa shape index (κ2) is 14.3. The van der Waals surface area contributed by atoms with Crippen LogP contribution < -0.4 is 0 Å². The lowest BCUT2D eigenvalue weighted by molar-refractivity contribution is 1.08. The Bertz CT molecular complexity index is 4210. The van der Waals surface area contributed by atoms with Crippen molar-refractivity contribution in [3.05, 3.63) is 224 Å². The molecule has 5 heteroatoms. The molecule has 5 nitrogen and oxygen atoms in total. The molecule has 0 saturated heterocycles. The molecule has 0 radical (unpaired) electrons. The van der Waals surface area contributed by atoms with Crippen LogP contribution in [-0.2, 0) is 0 Å². The normalized spacial score (nSPS) is 11.9. The van der Waals surface area contributed by atoms with Gasteiger partial charge in [-0.15, -0.1) is 0 Å². The van der Waals surface area contributed by atoms with E-state index in [9.17, 15) is 0 Å². The summed E-state index contributed by atoms with van der Waals surface area (Å²) < 4.78 is 4.94. The molecule has 3 aromatic heterocycles. The molecule has 0 saturated carbocycles. The molecule has 3 heterocycles. The molecule has 0 aliphatic heterocycles. The van der Waals surface area contributed by atoms with Gasteiger partial charge < -0.3 is 9.13 Å². The topological polar surface area (TPSA) is 48.5 Å². The Kier molecular flexibility index (Phi) is 7.91. The highest BCUT2D eigenvalue weighted by molar-refractivity contribution is 6.31. The first kappa shape index (κ1) is 36.5. The Labute approximate surface area is 379 Å². The van der Waals surface area contributed by atoms with E-state index in [1.807, 2.05) is 36.4 Å². The smallest absolute Gasteiger partial charge is 0.164 e. The van der Waals surface area contributed by atoms with Gasteiger partial charge >= 0.3 is 0 Å². The van der Waals surface area contributed by atoms with Gasteiger partial charge in [0.05, 0.1) is 27.8 Å². The minimum Gasteiger partial charge on any atom is -0.309 e. The summed E-state index contributed by atoms with van der Waals surface area (Å²) in [5.74, 6) is 1.90. The summed E-state index contributed by atoms with van der Waals surface area (Å²) in [7, 11) is 0. The number of fused-ring (bicyclic) bond motifs is 14. The van der Waals surface area contributed by atoms with Gasteiger partial charge in [-0.3, -0.25) is 0 Å². The average molecular weight is 840 g/mol. The largest absolute Gasteiger partial charge is 0.309 e. The van der Waals surface area contributed by atoms with Crippen molar-refractivity contribution < 1.29 is 0 Å². The maximum atomic E-state index is 5.31. The Morgan fingerprint density at radius 2 is 0.803 bits per heavy atom. The van der Waals surface area contributed by atoms with E-state index in [1.54, 1.807) is 0 Å². The zero-order valence-corrected chi connectivity index (χ0v) is 35.6. The fraction of sp³-hybridized carbons (Fsp3) is 0. The molecule has 0 spiro atoms. The number of hydrogen-bond acceptors (Lipinski definition) is 3. The third-order valence-corrected chi connectivity index (χ3v) is 13.5. The van der Waals surface area contributed by atoms with Gasteiger partial charge in [0.1, 0.15) is 0 Å². The summed E-state index contributed by atoms with van der Waals surface area (Å²) in [4.78, 5) is 15.7. The molecule has 306 valence electrons. The molecule has 0 N–H and O–H groups in total. The third-order valence-electron chi connectivity index (χ3n) is 13.5. The van der Waals surface area contributed by atoms with Crippen LogP contribution in [0.25, 0.3) is 132 Å². The van der Waals surface area contributed by atoms with Crippen molar-refractivity contribution in [1.29, 1.82) is 0 Å². The minimum atomic E-state index is 0.628. The van der Waals surface area contributed by atoms with E-state index in [4.69, 9.17) is 15.0 Å². The van der Waals surface area contributed by atoms with Crippen LogP contribution in [-0.4, -0.2) is 24.1 Å². The average Bonchev–Trinajstić information content (AvgIpc) is 3.90. The standard InChI is InChI=1S/C61H37N5/c1-4-19-39(20-5-1)59-62-60(40-21-6-2-7-22-40)64-61(63-59)48-33-35-53(58-47-30-15-13-27-44(47)43-26-12-14-29-46(43)57(48)58)66-51-31-17-16-28-45(51)49-36-50-55(37-54(49)66)65(41-23-8-3-9-24-41)52-34-32-38-18-10-11-25-42(38)56(50)52/h1-37H. The zero-order valence-electron chi connectivity index (χ0n) is 35.6. The molecule has 11 aromatic carbocycles. The van der Waals surface area contributed by atoms with Crippen molar-refractivity contribution >= 4 is 86.7 Å². The van der Waals surface area contributed by atoms with Gasteiger partial charge in [-0.25, -0.2) is 15.0 Å². The summed E-state index contributed by atoms with van der Waals surface area (Å²) in [5.41, 5.74) is 9.67. The van der Waals surface area contributed by atoms with E-state index in [0.29, 0.717) is 17.5 Å². The van der Waals surface area contributed by atoms with Gasteiger partial charge in [0.15, 0.2) is 17.5 Å². The Balaban J connectivity index is 1.14. The molecule has 0 amide bonds. The van der Waals surface area contributed by atoms with E-state index >= 15 is 0 Å². The lowest BCUT2D eigenvalue weighted by atomic mass is 9.90. The van der Waals surface area contributed by atoms with Crippen LogP contribution in [0, 0.1) is 0 Å². The molecular formula is C61H37N5. The summed E-state index contributed by atoms with van der Waals surface area (Å²) in [6.07, 6.45) is 0. The van der Waals surface area contributed by atoms with Gasteiger partial charge in [0, 0.05) is 54.7 Å². The van der Waals surface area contributed by atoms with Gasteiger partial charge in [-0.2, -0.15) is 0 Å². The van der Waals surface area contributed by atoms with Crippen LogP contribution in [0.15, 0.2) is 224 Å². The molecule has 14 aromatic rings. The van der Waals surface area contributed by atoms with Crippen LogP contribution in [0.3, 0.4) is 0 Å². The van der Waals surface area contributed by atoms with Crippen molar-refractivity contribution in [2.75, 3.05) is 0 Å². The summed E-state index contributed by atoms with van der Waals surface area (Å²) in [6.45, 7) is 0. The Morgan fingerprint density at radius 3 is 1.48 bits per heavy atom. The second-order valence-corrected chi connectivity index (χ2v) is 17.1. The predicted molar refractivity (Wildman–Crippen MR) is 275 cm³/mol. The van der Waals surface area contributed by atoms with Crippen LogP contribution >= 0.6 is 0 Å². The first-order valence-electron chi connectivity index (χ1n) is 22.5. The number of nitrogens with zero attached hydrogens (tertiary/aromatic N) is 5.